The van der Waals surface area contributed by atoms with Gasteiger partial charge in [0.1, 0.15) is 5.75 Å². The van der Waals surface area contributed by atoms with Crippen molar-refractivity contribution in [3.05, 3.63) is 57.6 Å². The van der Waals surface area contributed by atoms with Gasteiger partial charge in [0.05, 0.1) is 12.0 Å². The molecule has 0 radical (unpaired) electrons. The molecule has 0 amide bonds. The molecule has 0 bridgehead atoms. The number of benzene rings is 2. The molecule has 9 nitrogen and oxygen atoms in total. The fourth-order valence-corrected chi connectivity index (χ4v) is 3.36. The molecular weight excluding hydrogens is 358 g/mol. The maximum absolute atomic E-state index is 12.5. The van der Waals surface area contributed by atoms with Crippen LogP contribution in [0.3, 0.4) is 0 Å². The van der Waals surface area contributed by atoms with Gasteiger partial charge in [0.2, 0.25) is 6.79 Å². The summed E-state index contributed by atoms with van der Waals surface area (Å²) >= 11 is 0. The molecule has 9 heteroatoms. The number of nitrogens with zero attached hydrogens (tertiary/aromatic N) is 1. The second-order valence-electron chi connectivity index (χ2n) is 5.96. The number of hydrogen-bond donors (Lipinski definition) is 0. The zero-order valence-corrected chi connectivity index (χ0v) is 14.0. The smallest absolute Gasteiger partial charge is 0.326 e. The predicted octanol–water partition coefficient (Wildman–Crippen LogP) is 2.16. The van der Waals surface area contributed by atoms with E-state index < -0.39 is 28.7 Å². The van der Waals surface area contributed by atoms with E-state index >= 15 is 0 Å². The zero-order valence-electron chi connectivity index (χ0n) is 14.0. The average molecular weight is 371 g/mol. The summed E-state index contributed by atoms with van der Waals surface area (Å²) in [5, 5.41) is 10.9. The normalized spacial score (nSPS) is 19.8. The van der Waals surface area contributed by atoms with Crippen LogP contribution in [-0.2, 0) is 14.3 Å². The molecule has 0 saturated carbocycles. The van der Waals surface area contributed by atoms with E-state index in [4.69, 9.17) is 18.9 Å². The summed E-state index contributed by atoms with van der Waals surface area (Å²) in [4.78, 5) is 35.3. The molecule has 138 valence electrons. The maximum Gasteiger partial charge on any atom is 0.326 e. The van der Waals surface area contributed by atoms with E-state index in [0.29, 0.717) is 22.6 Å². The number of carbonyl (C=O) groups excluding carboxylic acids is 2. The van der Waals surface area contributed by atoms with Gasteiger partial charge in [-0.1, -0.05) is 12.1 Å². The van der Waals surface area contributed by atoms with Gasteiger partial charge in [0, 0.05) is 23.6 Å². The Labute approximate surface area is 152 Å². The summed E-state index contributed by atoms with van der Waals surface area (Å²) in [5.41, 5.74) is 0.872. The van der Waals surface area contributed by atoms with Crippen LogP contribution < -0.4 is 14.2 Å². The SMILES string of the molecule is COC(=O)C1C(=O)Oc2ccc3c(c2C1c1ccc([N+](=O)[O-])cc1)OCO3. The highest BCUT2D eigenvalue weighted by atomic mass is 16.7. The molecule has 2 aromatic carbocycles. The van der Waals surface area contributed by atoms with Crippen LogP contribution in [0.1, 0.15) is 17.0 Å². The second kappa shape index (κ2) is 6.27. The number of rotatable bonds is 3. The molecule has 2 aliphatic rings. The third-order valence-corrected chi connectivity index (χ3v) is 4.56. The average Bonchev–Trinajstić information content (AvgIpc) is 3.15. The van der Waals surface area contributed by atoms with Crippen molar-refractivity contribution in [2.24, 2.45) is 5.92 Å². The molecule has 0 N–H and O–H groups in total. The molecule has 0 spiro atoms. The van der Waals surface area contributed by atoms with Gasteiger partial charge in [-0.2, -0.15) is 0 Å². The largest absolute Gasteiger partial charge is 0.468 e. The summed E-state index contributed by atoms with van der Waals surface area (Å²) < 4.78 is 21.0. The Morgan fingerprint density at radius 2 is 1.85 bits per heavy atom. The molecule has 2 atom stereocenters. The fraction of sp³-hybridized carbons (Fsp3) is 0.222. The highest BCUT2D eigenvalue weighted by molar-refractivity contribution is 5.99. The van der Waals surface area contributed by atoms with Crippen molar-refractivity contribution in [2.45, 2.75) is 5.92 Å². The van der Waals surface area contributed by atoms with Gasteiger partial charge < -0.3 is 18.9 Å². The number of non-ortho nitro benzene ring substituents is 1. The lowest BCUT2D eigenvalue weighted by atomic mass is 9.78. The lowest BCUT2D eigenvalue weighted by Gasteiger charge is -2.31. The van der Waals surface area contributed by atoms with E-state index in [-0.39, 0.29) is 18.2 Å². The Balaban J connectivity index is 1.91. The van der Waals surface area contributed by atoms with E-state index in [9.17, 15) is 19.7 Å². The third kappa shape index (κ3) is 2.64. The number of methoxy groups -OCH3 is 1. The van der Waals surface area contributed by atoms with E-state index in [1.54, 1.807) is 12.1 Å². The zero-order chi connectivity index (χ0) is 19.1. The van der Waals surface area contributed by atoms with Crippen LogP contribution in [-0.4, -0.2) is 30.8 Å². The number of hydrogen-bond acceptors (Lipinski definition) is 8. The number of carbonyl (C=O) groups is 2. The summed E-state index contributed by atoms with van der Waals surface area (Å²) in [6.07, 6.45) is 0. The van der Waals surface area contributed by atoms with Crippen LogP contribution in [0.4, 0.5) is 5.69 Å². The number of ether oxygens (including phenoxy) is 4. The molecule has 27 heavy (non-hydrogen) atoms. The highest BCUT2D eigenvalue weighted by Crippen LogP contribution is 2.51. The molecule has 2 unspecified atom stereocenters. The van der Waals surface area contributed by atoms with Crippen LogP contribution >= 0.6 is 0 Å². The topological polar surface area (TPSA) is 114 Å². The molecule has 0 fully saturated rings. The predicted molar refractivity (Wildman–Crippen MR) is 88.6 cm³/mol. The van der Waals surface area contributed by atoms with Gasteiger partial charge in [-0.3, -0.25) is 19.7 Å². The molecule has 4 rings (SSSR count). The minimum Gasteiger partial charge on any atom is -0.468 e. The van der Waals surface area contributed by atoms with Crippen LogP contribution in [0.5, 0.6) is 17.2 Å². The molecule has 0 aromatic heterocycles. The minimum absolute atomic E-state index is 0.00436. The third-order valence-electron chi connectivity index (χ3n) is 4.56. The Hall–Kier alpha value is -3.62. The first kappa shape index (κ1) is 16.8. The van der Waals surface area contributed by atoms with Gasteiger partial charge in [-0.25, -0.2) is 0 Å². The van der Waals surface area contributed by atoms with Crippen molar-refractivity contribution in [2.75, 3.05) is 13.9 Å². The first-order valence-electron chi connectivity index (χ1n) is 7.97. The molecule has 2 aromatic rings. The lowest BCUT2D eigenvalue weighted by molar-refractivity contribution is -0.384. The molecule has 0 saturated heterocycles. The quantitative estimate of drug-likeness (QED) is 0.265. The Bertz CT molecular complexity index is 953. The van der Waals surface area contributed by atoms with Gasteiger partial charge in [0.15, 0.2) is 17.4 Å². The van der Waals surface area contributed by atoms with Gasteiger partial charge in [-0.15, -0.1) is 0 Å². The molecule has 2 heterocycles. The summed E-state index contributed by atoms with van der Waals surface area (Å²) in [6.45, 7) is -0.00436. The first-order chi connectivity index (χ1) is 13.0. The Morgan fingerprint density at radius 3 is 2.52 bits per heavy atom. The van der Waals surface area contributed by atoms with Crippen molar-refractivity contribution in [1.82, 2.24) is 0 Å². The van der Waals surface area contributed by atoms with E-state index in [2.05, 4.69) is 0 Å². The van der Waals surface area contributed by atoms with Gasteiger partial charge in [-0.05, 0) is 17.7 Å². The van der Waals surface area contributed by atoms with Crippen molar-refractivity contribution < 1.29 is 33.5 Å². The van der Waals surface area contributed by atoms with E-state index in [1.165, 1.54) is 31.4 Å². The number of nitro benzene ring substituents is 1. The molecule has 2 aliphatic heterocycles. The van der Waals surface area contributed by atoms with Gasteiger partial charge >= 0.3 is 11.9 Å². The summed E-state index contributed by atoms with van der Waals surface area (Å²) in [6, 6.07) is 8.78. The van der Waals surface area contributed by atoms with Crippen LogP contribution in [0.15, 0.2) is 36.4 Å². The first-order valence-corrected chi connectivity index (χ1v) is 7.97. The highest BCUT2D eigenvalue weighted by Gasteiger charge is 2.47. The second-order valence-corrected chi connectivity index (χ2v) is 5.96. The minimum atomic E-state index is -1.28. The van der Waals surface area contributed by atoms with Crippen molar-refractivity contribution in [1.29, 1.82) is 0 Å². The van der Waals surface area contributed by atoms with Crippen molar-refractivity contribution >= 4 is 17.6 Å². The van der Waals surface area contributed by atoms with E-state index in [0.717, 1.165) is 0 Å². The fourth-order valence-electron chi connectivity index (χ4n) is 3.36. The monoisotopic (exact) mass is 371 g/mol. The summed E-state index contributed by atoms with van der Waals surface area (Å²) in [5.74, 6) is -2.54. The van der Waals surface area contributed by atoms with Gasteiger partial charge in [0.25, 0.3) is 5.69 Å². The van der Waals surface area contributed by atoms with Crippen LogP contribution in [0.2, 0.25) is 0 Å². The molecular formula is C18H13NO8. The Kier molecular flexibility index (Phi) is 3.91. The number of nitro groups is 1. The molecule has 0 aliphatic carbocycles. The van der Waals surface area contributed by atoms with Crippen LogP contribution in [0, 0.1) is 16.0 Å². The Morgan fingerprint density at radius 1 is 1.15 bits per heavy atom. The number of esters is 2. The summed E-state index contributed by atoms with van der Waals surface area (Å²) in [7, 11) is 1.17. The standard InChI is InChI=1S/C18H13NO8/c1-24-17(20)15-13(9-2-4-10(5-3-9)19(22)23)14-11(27-18(15)21)6-7-12-16(14)26-8-25-12/h2-7,13,15H,8H2,1H3. The lowest BCUT2D eigenvalue weighted by Crippen LogP contribution is -2.38. The number of fused-ring (bicyclic) bond motifs is 3. The van der Waals surface area contributed by atoms with Crippen LogP contribution in [0.25, 0.3) is 0 Å². The van der Waals surface area contributed by atoms with Crippen molar-refractivity contribution in [3.63, 3.8) is 0 Å². The van der Waals surface area contributed by atoms with E-state index in [1.807, 2.05) is 0 Å². The van der Waals surface area contributed by atoms with Crippen molar-refractivity contribution in [3.8, 4) is 17.2 Å². The maximum atomic E-state index is 12.5.